The van der Waals surface area contributed by atoms with E-state index in [4.69, 9.17) is 9.15 Å². The Kier molecular flexibility index (Phi) is 3.69. The molecule has 1 aromatic carbocycles. The Labute approximate surface area is 122 Å². The Morgan fingerprint density at radius 3 is 2.62 bits per heavy atom. The van der Waals surface area contributed by atoms with E-state index in [0.29, 0.717) is 12.6 Å². The summed E-state index contributed by atoms with van der Waals surface area (Å²) in [5.74, 6) is 0.155. The van der Waals surface area contributed by atoms with Gasteiger partial charge in [0.25, 0.3) is 5.95 Å². The van der Waals surface area contributed by atoms with Crippen molar-refractivity contribution in [3.63, 3.8) is 0 Å². The normalized spacial score (nSPS) is 10.6. The highest BCUT2D eigenvalue weighted by molar-refractivity contribution is 5.84. The standard InChI is InChI=1S/C17H14FNO2/c1-2-20-17-16(15-5-3-4-10-19-15)14(11-21-17)12-6-8-13(18)9-7-12/h3-11H,2H2,1H3. The first-order valence-corrected chi connectivity index (χ1v) is 6.71. The van der Waals surface area contributed by atoms with E-state index in [1.54, 1.807) is 24.6 Å². The van der Waals surface area contributed by atoms with Gasteiger partial charge in [-0.25, -0.2) is 4.39 Å². The van der Waals surface area contributed by atoms with Gasteiger partial charge in [0.15, 0.2) is 0 Å². The van der Waals surface area contributed by atoms with Gasteiger partial charge in [0, 0.05) is 11.8 Å². The molecule has 0 aliphatic rings. The summed E-state index contributed by atoms with van der Waals surface area (Å²) in [6.07, 6.45) is 3.33. The van der Waals surface area contributed by atoms with Crippen LogP contribution < -0.4 is 4.74 Å². The highest BCUT2D eigenvalue weighted by Crippen LogP contribution is 2.40. The van der Waals surface area contributed by atoms with Crippen molar-refractivity contribution in [2.75, 3.05) is 6.61 Å². The molecule has 0 N–H and O–H groups in total. The van der Waals surface area contributed by atoms with Gasteiger partial charge in [0.1, 0.15) is 12.1 Å². The van der Waals surface area contributed by atoms with Crippen LogP contribution in [0.2, 0.25) is 0 Å². The number of pyridine rings is 1. The maximum atomic E-state index is 13.1. The molecular weight excluding hydrogens is 269 g/mol. The summed E-state index contributed by atoms with van der Waals surface area (Å²) < 4.78 is 24.1. The molecule has 21 heavy (non-hydrogen) atoms. The Morgan fingerprint density at radius 1 is 1.14 bits per heavy atom. The summed E-state index contributed by atoms with van der Waals surface area (Å²) in [6, 6.07) is 11.9. The molecule has 0 saturated heterocycles. The van der Waals surface area contributed by atoms with Gasteiger partial charge in [-0.15, -0.1) is 0 Å². The van der Waals surface area contributed by atoms with Crippen LogP contribution in [0.4, 0.5) is 4.39 Å². The minimum atomic E-state index is -0.272. The van der Waals surface area contributed by atoms with Gasteiger partial charge in [-0.2, -0.15) is 0 Å². The number of nitrogens with zero attached hydrogens (tertiary/aromatic N) is 1. The van der Waals surface area contributed by atoms with Crippen LogP contribution in [-0.2, 0) is 0 Å². The van der Waals surface area contributed by atoms with Crippen molar-refractivity contribution < 1.29 is 13.5 Å². The molecule has 3 aromatic rings. The average molecular weight is 283 g/mol. The van der Waals surface area contributed by atoms with Crippen LogP contribution >= 0.6 is 0 Å². The predicted octanol–water partition coefficient (Wildman–Crippen LogP) is 4.55. The minimum Gasteiger partial charge on any atom is -0.465 e. The molecule has 0 aliphatic heterocycles. The van der Waals surface area contributed by atoms with Crippen molar-refractivity contribution in [3.05, 3.63) is 60.7 Å². The number of aromatic nitrogens is 1. The zero-order chi connectivity index (χ0) is 14.7. The Bertz CT molecular complexity index is 720. The highest BCUT2D eigenvalue weighted by Gasteiger charge is 2.19. The molecule has 0 fully saturated rings. The van der Waals surface area contributed by atoms with Crippen molar-refractivity contribution in [1.29, 1.82) is 0 Å². The van der Waals surface area contributed by atoms with Gasteiger partial charge in [-0.05, 0) is 36.8 Å². The predicted molar refractivity (Wildman–Crippen MR) is 78.5 cm³/mol. The smallest absolute Gasteiger partial charge is 0.294 e. The van der Waals surface area contributed by atoms with Gasteiger partial charge in [-0.1, -0.05) is 18.2 Å². The van der Waals surface area contributed by atoms with Gasteiger partial charge in [0.05, 0.1) is 17.9 Å². The quantitative estimate of drug-likeness (QED) is 0.704. The molecule has 0 radical (unpaired) electrons. The lowest BCUT2D eigenvalue weighted by Gasteiger charge is -2.05. The molecule has 3 nitrogen and oxygen atoms in total. The highest BCUT2D eigenvalue weighted by atomic mass is 19.1. The number of rotatable bonds is 4. The van der Waals surface area contributed by atoms with Crippen molar-refractivity contribution in [3.8, 4) is 28.3 Å². The fraction of sp³-hybridized carbons (Fsp3) is 0.118. The zero-order valence-corrected chi connectivity index (χ0v) is 11.5. The first-order chi connectivity index (χ1) is 10.3. The van der Waals surface area contributed by atoms with E-state index < -0.39 is 0 Å². The monoisotopic (exact) mass is 283 g/mol. The summed E-state index contributed by atoms with van der Waals surface area (Å²) in [7, 11) is 0. The molecule has 0 spiro atoms. The van der Waals surface area contributed by atoms with E-state index in [2.05, 4.69) is 4.98 Å². The van der Waals surface area contributed by atoms with Crippen LogP contribution in [0.5, 0.6) is 5.95 Å². The summed E-state index contributed by atoms with van der Waals surface area (Å²) in [5, 5.41) is 0. The first-order valence-electron chi connectivity index (χ1n) is 6.71. The van der Waals surface area contributed by atoms with E-state index in [-0.39, 0.29) is 5.82 Å². The van der Waals surface area contributed by atoms with Crippen LogP contribution in [0, 0.1) is 5.82 Å². The fourth-order valence-electron chi connectivity index (χ4n) is 2.17. The lowest BCUT2D eigenvalue weighted by Crippen LogP contribution is -1.93. The zero-order valence-electron chi connectivity index (χ0n) is 11.5. The topological polar surface area (TPSA) is 35.3 Å². The van der Waals surface area contributed by atoms with E-state index in [1.165, 1.54) is 12.1 Å². The number of furan rings is 1. The van der Waals surface area contributed by atoms with Gasteiger partial charge in [0.2, 0.25) is 0 Å². The van der Waals surface area contributed by atoms with E-state index in [1.807, 2.05) is 25.1 Å². The Hall–Kier alpha value is -2.62. The lowest BCUT2D eigenvalue weighted by atomic mass is 10.0. The molecule has 0 amide bonds. The van der Waals surface area contributed by atoms with Crippen LogP contribution in [0.25, 0.3) is 22.4 Å². The fourth-order valence-corrected chi connectivity index (χ4v) is 2.17. The number of hydrogen-bond donors (Lipinski definition) is 0. The van der Waals surface area contributed by atoms with Crippen molar-refractivity contribution in [1.82, 2.24) is 4.98 Å². The van der Waals surface area contributed by atoms with Crippen molar-refractivity contribution in [2.45, 2.75) is 6.92 Å². The third-order valence-electron chi connectivity index (χ3n) is 3.11. The van der Waals surface area contributed by atoms with Gasteiger partial charge < -0.3 is 9.15 Å². The number of halogens is 1. The summed E-state index contributed by atoms with van der Waals surface area (Å²) >= 11 is 0. The van der Waals surface area contributed by atoms with E-state index in [9.17, 15) is 4.39 Å². The van der Waals surface area contributed by atoms with Crippen LogP contribution in [-0.4, -0.2) is 11.6 Å². The largest absolute Gasteiger partial charge is 0.465 e. The molecule has 2 aromatic heterocycles. The van der Waals surface area contributed by atoms with E-state index in [0.717, 1.165) is 22.4 Å². The average Bonchev–Trinajstić information content (AvgIpc) is 2.93. The number of ether oxygens (including phenoxy) is 1. The molecule has 2 heterocycles. The van der Waals surface area contributed by atoms with Crippen molar-refractivity contribution >= 4 is 0 Å². The molecule has 0 saturated carbocycles. The molecule has 0 atom stereocenters. The molecule has 4 heteroatoms. The summed E-state index contributed by atoms with van der Waals surface area (Å²) in [4.78, 5) is 4.35. The third-order valence-corrected chi connectivity index (χ3v) is 3.11. The maximum absolute atomic E-state index is 13.1. The summed E-state index contributed by atoms with van der Waals surface area (Å²) in [5.41, 5.74) is 3.22. The van der Waals surface area contributed by atoms with E-state index >= 15 is 0 Å². The lowest BCUT2D eigenvalue weighted by molar-refractivity contribution is 0.259. The second-order valence-electron chi connectivity index (χ2n) is 4.47. The first kappa shape index (κ1) is 13.4. The maximum Gasteiger partial charge on any atom is 0.294 e. The van der Waals surface area contributed by atoms with Gasteiger partial charge in [-0.3, -0.25) is 4.98 Å². The molecule has 0 bridgehead atoms. The molecular formula is C17H14FNO2. The Balaban J connectivity index is 2.15. The van der Waals surface area contributed by atoms with Crippen LogP contribution in [0.3, 0.4) is 0 Å². The van der Waals surface area contributed by atoms with Gasteiger partial charge >= 0.3 is 0 Å². The molecule has 0 unspecified atom stereocenters. The second kappa shape index (κ2) is 5.79. The third kappa shape index (κ3) is 2.65. The van der Waals surface area contributed by atoms with Crippen LogP contribution in [0.1, 0.15) is 6.92 Å². The number of benzene rings is 1. The van der Waals surface area contributed by atoms with Crippen molar-refractivity contribution in [2.24, 2.45) is 0 Å². The Morgan fingerprint density at radius 2 is 1.95 bits per heavy atom. The molecule has 3 rings (SSSR count). The SMILES string of the molecule is CCOc1occ(-c2ccc(F)cc2)c1-c1ccccn1. The number of hydrogen-bond acceptors (Lipinski definition) is 3. The molecule has 0 aliphatic carbocycles. The van der Waals surface area contributed by atoms with Crippen LogP contribution in [0.15, 0.2) is 59.3 Å². The summed E-state index contributed by atoms with van der Waals surface area (Å²) in [6.45, 7) is 2.39. The minimum absolute atomic E-state index is 0.272. The second-order valence-corrected chi connectivity index (χ2v) is 4.47. The molecule has 106 valence electrons.